The number of rotatable bonds is 6. The predicted molar refractivity (Wildman–Crippen MR) is 96.7 cm³/mol. The van der Waals surface area contributed by atoms with Crippen molar-refractivity contribution in [2.45, 2.75) is 44.0 Å². The van der Waals surface area contributed by atoms with Crippen LogP contribution in [0, 0.1) is 20.8 Å². The van der Waals surface area contributed by atoms with Crippen LogP contribution in [-0.4, -0.2) is 32.6 Å². The van der Waals surface area contributed by atoms with E-state index in [-0.39, 0.29) is 15.7 Å². The number of carbonyl (C=O) groups excluding carboxylic acids is 1. The first-order valence-electron chi connectivity index (χ1n) is 7.98. The van der Waals surface area contributed by atoms with Crippen molar-refractivity contribution in [3.63, 3.8) is 0 Å². The summed E-state index contributed by atoms with van der Waals surface area (Å²) < 4.78 is 33.3. The van der Waals surface area contributed by atoms with Crippen molar-refractivity contribution in [2.24, 2.45) is 0 Å². The van der Waals surface area contributed by atoms with E-state index < -0.39 is 9.84 Å². The van der Waals surface area contributed by atoms with E-state index in [4.69, 9.17) is 4.74 Å². The molecule has 7 heteroatoms. The summed E-state index contributed by atoms with van der Waals surface area (Å²) in [6.45, 7) is 7.71. The molecule has 1 aromatic carbocycles. The highest BCUT2D eigenvalue weighted by molar-refractivity contribution is 7.91. The molecule has 136 valence electrons. The molecule has 0 aliphatic rings. The number of aromatic nitrogens is 1. The molecule has 0 bridgehead atoms. The molecular formula is C18H24N2O4S. The van der Waals surface area contributed by atoms with E-state index in [1.54, 1.807) is 42.9 Å². The molecule has 1 heterocycles. The molecule has 0 fully saturated rings. The van der Waals surface area contributed by atoms with E-state index in [0.29, 0.717) is 24.5 Å². The van der Waals surface area contributed by atoms with E-state index in [1.807, 2.05) is 13.8 Å². The number of methoxy groups -OCH3 is 1. The highest BCUT2D eigenvalue weighted by atomic mass is 32.2. The van der Waals surface area contributed by atoms with Gasteiger partial charge in [0.05, 0.1) is 11.5 Å². The fourth-order valence-electron chi connectivity index (χ4n) is 2.75. The van der Waals surface area contributed by atoms with Crippen LogP contribution in [0.4, 0.5) is 5.82 Å². The molecule has 0 radical (unpaired) electrons. The van der Waals surface area contributed by atoms with Crippen molar-refractivity contribution in [3.05, 3.63) is 41.1 Å². The number of sulfone groups is 1. The molecule has 25 heavy (non-hydrogen) atoms. The van der Waals surface area contributed by atoms with Crippen LogP contribution >= 0.6 is 0 Å². The van der Waals surface area contributed by atoms with Gasteiger partial charge in [-0.25, -0.2) is 8.42 Å². The first-order valence-corrected chi connectivity index (χ1v) is 9.46. The minimum absolute atomic E-state index is 0.139. The van der Waals surface area contributed by atoms with Crippen molar-refractivity contribution in [1.82, 2.24) is 4.57 Å². The Bertz CT molecular complexity index is 881. The molecule has 0 unspecified atom stereocenters. The van der Waals surface area contributed by atoms with E-state index in [9.17, 15) is 13.2 Å². The van der Waals surface area contributed by atoms with Crippen LogP contribution in [-0.2, 0) is 25.9 Å². The lowest BCUT2D eigenvalue weighted by Crippen LogP contribution is -2.16. The maximum atomic E-state index is 13.2. The van der Waals surface area contributed by atoms with Gasteiger partial charge in [-0.3, -0.25) is 4.79 Å². The standard InChI is InChI=1S/C18H24N2O4S/c1-12-6-8-16(9-7-12)25(22,23)17-13(2)14(3)20(10-11-24-5)18(17)19-15(4)21/h6-9H,10-11H2,1-5H3,(H,19,21). The summed E-state index contributed by atoms with van der Waals surface area (Å²) in [4.78, 5) is 12.0. The van der Waals surface area contributed by atoms with Crippen LogP contribution in [0.5, 0.6) is 0 Å². The Morgan fingerprint density at radius 3 is 2.28 bits per heavy atom. The zero-order chi connectivity index (χ0) is 18.8. The van der Waals surface area contributed by atoms with Gasteiger partial charge in [0.2, 0.25) is 15.7 Å². The van der Waals surface area contributed by atoms with Crippen LogP contribution in [0.1, 0.15) is 23.7 Å². The largest absolute Gasteiger partial charge is 0.383 e. The van der Waals surface area contributed by atoms with Gasteiger partial charge in [0.15, 0.2) is 0 Å². The lowest BCUT2D eigenvalue weighted by atomic mass is 10.2. The molecule has 6 nitrogen and oxygen atoms in total. The summed E-state index contributed by atoms with van der Waals surface area (Å²) in [5.41, 5.74) is 2.39. The summed E-state index contributed by atoms with van der Waals surface area (Å²) in [6.07, 6.45) is 0. The van der Waals surface area contributed by atoms with Gasteiger partial charge in [0.25, 0.3) is 0 Å². The first kappa shape index (κ1) is 19.2. The monoisotopic (exact) mass is 364 g/mol. The van der Waals surface area contributed by atoms with Crippen molar-refractivity contribution in [1.29, 1.82) is 0 Å². The van der Waals surface area contributed by atoms with Crippen LogP contribution in [0.25, 0.3) is 0 Å². The highest BCUT2D eigenvalue weighted by Gasteiger charge is 2.30. The molecule has 2 rings (SSSR count). The topological polar surface area (TPSA) is 77.4 Å². The van der Waals surface area contributed by atoms with Gasteiger partial charge in [-0.15, -0.1) is 0 Å². The molecule has 1 aromatic heterocycles. The number of anilines is 1. The highest BCUT2D eigenvalue weighted by Crippen LogP contribution is 2.35. The number of nitrogens with one attached hydrogen (secondary N) is 1. The Morgan fingerprint density at radius 1 is 1.16 bits per heavy atom. The lowest BCUT2D eigenvalue weighted by molar-refractivity contribution is -0.114. The van der Waals surface area contributed by atoms with E-state index in [1.165, 1.54) is 6.92 Å². The van der Waals surface area contributed by atoms with Gasteiger partial charge in [-0.1, -0.05) is 17.7 Å². The van der Waals surface area contributed by atoms with Crippen molar-refractivity contribution < 1.29 is 17.9 Å². The van der Waals surface area contributed by atoms with Crippen LogP contribution in [0.3, 0.4) is 0 Å². The molecule has 1 N–H and O–H groups in total. The minimum atomic E-state index is -3.77. The normalized spacial score (nSPS) is 11.6. The smallest absolute Gasteiger partial charge is 0.222 e. The second kappa shape index (κ2) is 7.41. The summed E-state index contributed by atoms with van der Waals surface area (Å²) in [6, 6.07) is 6.69. The van der Waals surface area contributed by atoms with Crippen LogP contribution < -0.4 is 5.32 Å². The van der Waals surface area contributed by atoms with Crippen LogP contribution in [0.2, 0.25) is 0 Å². The number of nitrogens with zero attached hydrogens (tertiary/aromatic N) is 1. The van der Waals surface area contributed by atoms with Gasteiger partial charge >= 0.3 is 0 Å². The fourth-order valence-corrected chi connectivity index (χ4v) is 4.45. The number of hydrogen-bond acceptors (Lipinski definition) is 4. The van der Waals surface area contributed by atoms with E-state index >= 15 is 0 Å². The molecule has 1 amide bonds. The number of amides is 1. The van der Waals surface area contributed by atoms with Crippen molar-refractivity contribution >= 4 is 21.6 Å². The quantitative estimate of drug-likeness (QED) is 0.855. The Morgan fingerprint density at radius 2 is 1.76 bits per heavy atom. The van der Waals surface area contributed by atoms with Gasteiger partial charge in [0.1, 0.15) is 10.7 Å². The Labute approximate surface area is 148 Å². The van der Waals surface area contributed by atoms with Crippen LogP contribution in [0.15, 0.2) is 34.1 Å². The second-order valence-corrected chi connectivity index (χ2v) is 7.92. The third kappa shape index (κ3) is 3.77. The second-order valence-electron chi connectivity index (χ2n) is 6.03. The fraction of sp³-hybridized carbons (Fsp3) is 0.389. The Hall–Kier alpha value is -2.12. The Kier molecular flexibility index (Phi) is 5.69. The molecular weight excluding hydrogens is 340 g/mol. The molecule has 0 aliphatic heterocycles. The van der Waals surface area contributed by atoms with Gasteiger partial charge in [-0.2, -0.15) is 0 Å². The SMILES string of the molecule is COCCn1c(C)c(C)c(S(=O)(=O)c2ccc(C)cc2)c1NC(C)=O. The van der Waals surface area contributed by atoms with Gasteiger partial charge < -0.3 is 14.6 Å². The third-order valence-corrected chi connectivity index (χ3v) is 6.12. The number of aryl methyl sites for hydroxylation is 1. The third-order valence-electron chi connectivity index (χ3n) is 4.19. The van der Waals surface area contributed by atoms with Gasteiger partial charge in [0, 0.05) is 26.3 Å². The maximum absolute atomic E-state index is 13.2. The Balaban J connectivity index is 2.70. The van der Waals surface area contributed by atoms with Gasteiger partial charge in [-0.05, 0) is 38.5 Å². The predicted octanol–water partition coefficient (Wildman–Crippen LogP) is 2.85. The molecule has 0 spiro atoms. The van der Waals surface area contributed by atoms with E-state index in [2.05, 4.69) is 5.32 Å². The molecule has 0 saturated heterocycles. The molecule has 0 aliphatic carbocycles. The maximum Gasteiger partial charge on any atom is 0.222 e. The number of ether oxygens (including phenoxy) is 1. The summed E-state index contributed by atoms with van der Waals surface area (Å²) in [5.74, 6) is -0.0309. The van der Waals surface area contributed by atoms with E-state index in [0.717, 1.165) is 11.3 Å². The van der Waals surface area contributed by atoms with Crippen molar-refractivity contribution in [3.8, 4) is 0 Å². The number of carbonyl (C=O) groups is 1. The van der Waals surface area contributed by atoms with Crippen molar-refractivity contribution in [2.75, 3.05) is 19.0 Å². The number of hydrogen-bond donors (Lipinski definition) is 1. The molecule has 2 aromatic rings. The average molecular weight is 364 g/mol. The minimum Gasteiger partial charge on any atom is -0.383 e. The zero-order valence-electron chi connectivity index (χ0n) is 15.2. The summed E-state index contributed by atoms with van der Waals surface area (Å²) in [5, 5.41) is 2.69. The average Bonchev–Trinajstić information content (AvgIpc) is 2.76. The first-order chi connectivity index (χ1) is 11.7. The summed E-state index contributed by atoms with van der Waals surface area (Å²) >= 11 is 0. The zero-order valence-corrected chi connectivity index (χ0v) is 16.0. The summed E-state index contributed by atoms with van der Waals surface area (Å²) in [7, 11) is -2.19. The number of benzene rings is 1. The lowest BCUT2D eigenvalue weighted by Gasteiger charge is -2.13. The molecule has 0 saturated carbocycles. The molecule has 0 atom stereocenters.